The van der Waals surface area contributed by atoms with Gasteiger partial charge in [0.15, 0.2) is 5.78 Å². The molecule has 3 nitrogen and oxygen atoms in total. The normalized spacial score (nSPS) is 10.5. The van der Waals surface area contributed by atoms with Crippen molar-refractivity contribution in [3.05, 3.63) is 55.0 Å². The first-order valence-electron chi connectivity index (χ1n) is 5.02. The van der Waals surface area contributed by atoms with Gasteiger partial charge in [-0.3, -0.25) is 9.59 Å². The van der Waals surface area contributed by atoms with Crippen LogP contribution in [0, 0.1) is 6.92 Å². The van der Waals surface area contributed by atoms with Gasteiger partial charge in [0.25, 0.3) is 5.56 Å². The van der Waals surface area contributed by atoms with Gasteiger partial charge in [-0.2, -0.15) is 0 Å². The third-order valence-electron chi connectivity index (χ3n) is 2.37. The van der Waals surface area contributed by atoms with Crippen LogP contribution in [0.3, 0.4) is 0 Å². The van der Waals surface area contributed by atoms with Crippen molar-refractivity contribution >= 4 is 33.0 Å². The number of pyridine rings is 1. The van der Waals surface area contributed by atoms with Crippen molar-refractivity contribution in [2.45, 2.75) is 13.5 Å². The fraction of sp³-hybridized carbons (Fsp3) is 0.167. The second-order valence-corrected chi connectivity index (χ2v) is 6.11. The number of nitrogens with zero attached hydrogens (tertiary/aromatic N) is 1. The van der Waals surface area contributed by atoms with Gasteiger partial charge in [0.1, 0.15) is 0 Å². The van der Waals surface area contributed by atoms with Gasteiger partial charge in [-0.05, 0) is 41.1 Å². The Morgan fingerprint density at radius 1 is 1.41 bits per heavy atom. The van der Waals surface area contributed by atoms with E-state index < -0.39 is 0 Å². The Balaban J connectivity index is 2.25. The van der Waals surface area contributed by atoms with Crippen LogP contribution in [-0.4, -0.2) is 10.4 Å². The Morgan fingerprint density at radius 3 is 2.82 bits per heavy atom. The van der Waals surface area contributed by atoms with Crippen molar-refractivity contribution in [3.63, 3.8) is 0 Å². The lowest BCUT2D eigenvalue weighted by Gasteiger charge is -2.04. The highest BCUT2D eigenvalue weighted by Gasteiger charge is 2.10. The maximum absolute atomic E-state index is 11.9. The van der Waals surface area contributed by atoms with Crippen LogP contribution in [0.5, 0.6) is 0 Å². The fourth-order valence-corrected chi connectivity index (χ4v) is 2.79. The van der Waals surface area contributed by atoms with Crippen molar-refractivity contribution in [2.75, 3.05) is 0 Å². The van der Waals surface area contributed by atoms with E-state index in [4.69, 9.17) is 0 Å². The van der Waals surface area contributed by atoms with Crippen molar-refractivity contribution in [3.8, 4) is 0 Å². The minimum Gasteiger partial charge on any atom is -0.307 e. The van der Waals surface area contributed by atoms with Crippen LogP contribution in [0.25, 0.3) is 0 Å². The molecule has 0 N–H and O–H groups in total. The van der Waals surface area contributed by atoms with E-state index in [0.717, 1.165) is 3.79 Å². The van der Waals surface area contributed by atoms with Gasteiger partial charge in [-0.1, -0.05) is 6.07 Å². The molecule has 0 bridgehead atoms. The lowest BCUT2D eigenvalue weighted by molar-refractivity contribution is 0.0975. The summed E-state index contributed by atoms with van der Waals surface area (Å²) in [5.41, 5.74) is 0.532. The van der Waals surface area contributed by atoms with Crippen LogP contribution < -0.4 is 5.56 Å². The number of halogens is 1. The van der Waals surface area contributed by atoms with Gasteiger partial charge in [0.05, 0.1) is 15.2 Å². The number of aryl methyl sites for hydroxylation is 1. The summed E-state index contributed by atoms with van der Waals surface area (Å²) in [6.45, 7) is 1.83. The molecule has 17 heavy (non-hydrogen) atoms. The number of ketones is 1. The molecule has 0 saturated heterocycles. The summed E-state index contributed by atoms with van der Waals surface area (Å²) < 4.78 is 2.35. The highest BCUT2D eigenvalue weighted by Crippen LogP contribution is 2.22. The van der Waals surface area contributed by atoms with Crippen LogP contribution in [-0.2, 0) is 6.54 Å². The lowest BCUT2D eigenvalue weighted by atomic mass is 10.3. The monoisotopic (exact) mass is 311 g/mol. The lowest BCUT2D eigenvalue weighted by Crippen LogP contribution is -2.24. The maximum atomic E-state index is 11.9. The van der Waals surface area contributed by atoms with Crippen molar-refractivity contribution in [1.29, 1.82) is 0 Å². The number of carbonyl (C=O) groups excluding carboxylic acids is 1. The molecule has 0 aliphatic rings. The zero-order valence-corrected chi connectivity index (χ0v) is 11.5. The van der Waals surface area contributed by atoms with Crippen LogP contribution in [0.15, 0.2) is 39.0 Å². The molecule has 0 spiro atoms. The number of Topliss-reactive ketones (excluding diaryl/α,β-unsaturated/α-hetero) is 1. The number of hydrogen-bond donors (Lipinski definition) is 0. The van der Waals surface area contributed by atoms with E-state index in [-0.39, 0.29) is 17.9 Å². The third kappa shape index (κ3) is 2.73. The second-order valence-electron chi connectivity index (χ2n) is 3.65. The highest BCUT2D eigenvalue weighted by molar-refractivity contribution is 9.11. The Hall–Kier alpha value is -1.20. The summed E-state index contributed by atoms with van der Waals surface area (Å²) in [6.07, 6.45) is 1.63. The summed E-state index contributed by atoms with van der Waals surface area (Å²) in [6, 6.07) is 7.11. The molecule has 0 radical (unpaired) electrons. The van der Waals surface area contributed by atoms with Crippen LogP contribution in [0.4, 0.5) is 0 Å². The summed E-state index contributed by atoms with van der Waals surface area (Å²) in [5, 5.41) is 0. The highest BCUT2D eigenvalue weighted by atomic mass is 79.9. The number of aromatic nitrogens is 1. The van der Waals surface area contributed by atoms with E-state index >= 15 is 0 Å². The molecular formula is C12H10BrNO2S. The van der Waals surface area contributed by atoms with Gasteiger partial charge < -0.3 is 4.57 Å². The first kappa shape index (κ1) is 12.3. The summed E-state index contributed by atoms with van der Waals surface area (Å²) in [7, 11) is 0. The first-order valence-corrected chi connectivity index (χ1v) is 6.63. The molecule has 0 aliphatic carbocycles. The zero-order valence-electron chi connectivity index (χ0n) is 9.14. The maximum Gasteiger partial charge on any atom is 0.253 e. The Bertz CT molecular complexity index is 615. The summed E-state index contributed by atoms with van der Waals surface area (Å²) >= 11 is 4.69. The van der Waals surface area contributed by atoms with Gasteiger partial charge >= 0.3 is 0 Å². The van der Waals surface area contributed by atoms with Gasteiger partial charge in [-0.25, -0.2) is 0 Å². The first-order chi connectivity index (χ1) is 8.08. The number of carbonyl (C=O) groups is 1. The average Bonchev–Trinajstić information content (AvgIpc) is 2.72. The van der Waals surface area contributed by atoms with E-state index in [1.807, 2.05) is 6.07 Å². The minimum absolute atomic E-state index is 0.0478. The molecule has 2 aromatic rings. The number of thiophene rings is 1. The Labute approximate surface area is 111 Å². The fourth-order valence-electron chi connectivity index (χ4n) is 1.48. The quantitative estimate of drug-likeness (QED) is 0.818. The molecule has 2 heterocycles. The molecule has 0 aliphatic heterocycles. The van der Waals surface area contributed by atoms with E-state index in [1.165, 1.54) is 15.9 Å². The SMILES string of the molecule is Cc1cccn(CC(=O)c2ccc(Br)s2)c1=O. The standard InChI is InChI=1S/C12H10BrNO2S/c1-8-3-2-6-14(12(8)16)7-9(15)10-4-5-11(13)17-10/h2-6H,7H2,1H3. The molecule has 0 unspecified atom stereocenters. The average molecular weight is 312 g/mol. The van der Waals surface area contributed by atoms with E-state index in [1.54, 1.807) is 31.3 Å². The molecular weight excluding hydrogens is 302 g/mol. The Kier molecular flexibility index (Phi) is 3.59. The summed E-state index contributed by atoms with van der Waals surface area (Å²) in [4.78, 5) is 24.3. The van der Waals surface area contributed by atoms with Gasteiger partial charge in [-0.15, -0.1) is 11.3 Å². The predicted molar refractivity (Wildman–Crippen MR) is 71.8 cm³/mol. The van der Waals surface area contributed by atoms with E-state index in [2.05, 4.69) is 15.9 Å². The van der Waals surface area contributed by atoms with Crippen LogP contribution in [0.1, 0.15) is 15.2 Å². The molecule has 0 atom stereocenters. The van der Waals surface area contributed by atoms with Crippen molar-refractivity contribution < 1.29 is 4.79 Å². The molecule has 0 saturated carbocycles. The molecule has 2 rings (SSSR count). The van der Waals surface area contributed by atoms with Crippen molar-refractivity contribution in [2.24, 2.45) is 0 Å². The smallest absolute Gasteiger partial charge is 0.253 e. The number of hydrogen-bond acceptors (Lipinski definition) is 3. The van der Waals surface area contributed by atoms with E-state index in [9.17, 15) is 9.59 Å². The molecule has 0 amide bonds. The topological polar surface area (TPSA) is 39.1 Å². The summed E-state index contributed by atoms with van der Waals surface area (Å²) in [5.74, 6) is -0.0478. The number of rotatable bonds is 3. The minimum atomic E-state index is -0.114. The van der Waals surface area contributed by atoms with Gasteiger partial charge in [0, 0.05) is 11.8 Å². The van der Waals surface area contributed by atoms with Crippen molar-refractivity contribution in [1.82, 2.24) is 4.57 Å². The molecule has 2 aromatic heterocycles. The van der Waals surface area contributed by atoms with E-state index in [0.29, 0.717) is 10.4 Å². The molecule has 0 fully saturated rings. The van der Waals surface area contributed by atoms with Crippen LogP contribution >= 0.6 is 27.3 Å². The molecule has 5 heteroatoms. The second kappa shape index (κ2) is 4.98. The third-order valence-corrected chi connectivity index (χ3v) is 4.04. The van der Waals surface area contributed by atoms with Gasteiger partial charge in [0.2, 0.25) is 0 Å². The largest absolute Gasteiger partial charge is 0.307 e. The molecule has 88 valence electrons. The molecule has 0 aromatic carbocycles. The Morgan fingerprint density at radius 2 is 2.18 bits per heavy atom. The van der Waals surface area contributed by atoms with Crippen LogP contribution in [0.2, 0.25) is 0 Å². The zero-order chi connectivity index (χ0) is 12.4. The predicted octanol–water partition coefficient (Wildman–Crippen LogP) is 2.86.